The van der Waals surface area contributed by atoms with Gasteiger partial charge in [0.15, 0.2) is 0 Å². The molecule has 1 aromatic heterocycles. The summed E-state index contributed by atoms with van der Waals surface area (Å²) in [6, 6.07) is 0.682. The molecule has 0 spiro atoms. The van der Waals surface area contributed by atoms with E-state index in [0.717, 1.165) is 25.4 Å². The van der Waals surface area contributed by atoms with E-state index in [1.807, 2.05) is 12.4 Å². The van der Waals surface area contributed by atoms with Crippen molar-refractivity contribution >= 4 is 0 Å². The monoisotopic (exact) mass is 276 g/mol. The fraction of sp³-hybridized carbons (Fsp3) is 0.812. The van der Waals surface area contributed by atoms with Crippen LogP contribution in [-0.4, -0.2) is 45.7 Å². The van der Waals surface area contributed by atoms with Gasteiger partial charge >= 0.3 is 0 Å². The van der Waals surface area contributed by atoms with E-state index >= 15 is 0 Å². The van der Waals surface area contributed by atoms with Crippen LogP contribution in [0.5, 0.6) is 0 Å². The van der Waals surface area contributed by atoms with Crippen molar-refractivity contribution < 1.29 is 0 Å². The number of rotatable bonds is 5. The van der Waals surface area contributed by atoms with Gasteiger partial charge in [-0.05, 0) is 32.1 Å². The smallest absolute Gasteiger partial charge is 0.109 e. The van der Waals surface area contributed by atoms with E-state index in [9.17, 15) is 0 Å². The van der Waals surface area contributed by atoms with Crippen LogP contribution in [0.4, 0.5) is 0 Å². The molecular weight excluding hydrogens is 248 g/mol. The molecule has 2 aliphatic rings. The maximum Gasteiger partial charge on any atom is 0.109 e. The van der Waals surface area contributed by atoms with Crippen LogP contribution in [0.3, 0.4) is 0 Å². The lowest BCUT2D eigenvalue weighted by atomic mass is 9.90. The summed E-state index contributed by atoms with van der Waals surface area (Å²) in [7, 11) is 2.09. The van der Waals surface area contributed by atoms with Crippen LogP contribution in [0.1, 0.15) is 38.9 Å². The van der Waals surface area contributed by atoms with Gasteiger partial charge in [-0.25, -0.2) is 4.98 Å². The topological polar surface area (TPSA) is 33.1 Å². The number of nitrogens with one attached hydrogen (secondary N) is 1. The van der Waals surface area contributed by atoms with E-state index in [1.165, 1.54) is 31.6 Å². The van der Waals surface area contributed by atoms with Crippen LogP contribution in [0.15, 0.2) is 12.4 Å². The zero-order chi connectivity index (χ0) is 14.2. The summed E-state index contributed by atoms with van der Waals surface area (Å²) in [6.07, 6.45) is 9.05. The van der Waals surface area contributed by atoms with Gasteiger partial charge in [0.2, 0.25) is 0 Å². The van der Waals surface area contributed by atoms with Crippen molar-refractivity contribution in [2.45, 2.75) is 51.1 Å². The Hall–Kier alpha value is -0.870. The van der Waals surface area contributed by atoms with Crippen LogP contribution < -0.4 is 5.32 Å². The third kappa shape index (κ3) is 2.77. The summed E-state index contributed by atoms with van der Waals surface area (Å²) in [4.78, 5) is 7.15. The number of imidazole rings is 1. The Bertz CT molecular complexity index is 451. The molecule has 1 N–H and O–H groups in total. The highest BCUT2D eigenvalue weighted by atomic mass is 15.3. The predicted molar refractivity (Wildman–Crippen MR) is 81.7 cm³/mol. The molecule has 4 heteroatoms. The van der Waals surface area contributed by atoms with Crippen molar-refractivity contribution in [3.63, 3.8) is 0 Å². The Morgan fingerprint density at radius 2 is 2.25 bits per heavy atom. The van der Waals surface area contributed by atoms with Crippen molar-refractivity contribution in [2.75, 3.05) is 19.6 Å². The molecule has 4 nitrogen and oxygen atoms in total. The summed E-state index contributed by atoms with van der Waals surface area (Å²) >= 11 is 0. The van der Waals surface area contributed by atoms with E-state index in [1.54, 1.807) is 0 Å². The van der Waals surface area contributed by atoms with E-state index < -0.39 is 0 Å². The molecule has 1 aliphatic heterocycles. The second-order valence-electron chi connectivity index (χ2n) is 6.81. The van der Waals surface area contributed by atoms with Crippen molar-refractivity contribution in [3.8, 4) is 0 Å². The number of aromatic nitrogens is 2. The summed E-state index contributed by atoms with van der Waals surface area (Å²) in [5.41, 5.74) is 0.341. The third-order valence-electron chi connectivity index (χ3n) is 5.28. The van der Waals surface area contributed by atoms with Crippen molar-refractivity contribution in [1.82, 2.24) is 19.8 Å². The molecule has 0 bridgehead atoms. The Morgan fingerprint density at radius 1 is 1.45 bits per heavy atom. The molecule has 2 fully saturated rings. The molecule has 20 heavy (non-hydrogen) atoms. The second kappa shape index (κ2) is 5.49. The molecule has 2 unspecified atom stereocenters. The van der Waals surface area contributed by atoms with Crippen molar-refractivity contribution in [2.24, 2.45) is 13.0 Å². The first-order valence-corrected chi connectivity index (χ1v) is 8.07. The first kappa shape index (κ1) is 14.1. The van der Waals surface area contributed by atoms with E-state index in [2.05, 4.69) is 40.7 Å². The average molecular weight is 276 g/mol. The van der Waals surface area contributed by atoms with E-state index in [4.69, 9.17) is 0 Å². The molecular formula is C16H28N4. The van der Waals surface area contributed by atoms with Crippen LogP contribution in [0, 0.1) is 5.92 Å². The lowest BCUT2D eigenvalue weighted by Crippen LogP contribution is -2.64. The maximum absolute atomic E-state index is 4.46. The quantitative estimate of drug-likeness (QED) is 0.890. The molecule has 3 rings (SSSR count). The molecule has 1 aromatic rings. The largest absolute Gasteiger partial charge is 0.338 e. The molecule has 0 radical (unpaired) electrons. The van der Waals surface area contributed by atoms with Crippen LogP contribution in [0.2, 0.25) is 0 Å². The number of piperazine rings is 1. The Balaban J connectivity index is 1.63. The average Bonchev–Trinajstić information content (AvgIpc) is 3.22. The minimum absolute atomic E-state index is 0.341. The van der Waals surface area contributed by atoms with Gasteiger partial charge in [0.05, 0.1) is 0 Å². The van der Waals surface area contributed by atoms with Crippen molar-refractivity contribution in [1.29, 1.82) is 0 Å². The van der Waals surface area contributed by atoms with Gasteiger partial charge in [-0.2, -0.15) is 0 Å². The highest BCUT2D eigenvalue weighted by molar-refractivity contribution is 5.04. The van der Waals surface area contributed by atoms with E-state index in [0.29, 0.717) is 11.6 Å². The van der Waals surface area contributed by atoms with Gasteiger partial charge in [0.1, 0.15) is 5.82 Å². The highest BCUT2D eigenvalue weighted by Crippen LogP contribution is 2.41. The van der Waals surface area contributed by atoms with Crippen LogP contribution >= 0.6 is 0 Å². The zero-order valence-electron chi connectivity index (χ0n) is 13.1. The van der Waals surface area contributed by atoms with Gasteiger partial charge in [-0.1, -0.05) is 6.92 Å². The first-order valence-electron chi connectivity index (χ1n) is 8.07. The van der Waals surface area contributed by atoms with Gasteiger partial charge < -0.3 is 9.88 Å². The van der Waals surface area contributed by atoms with Gasteiger partial charge in [-0.15, -0.1) is 0 Å². The Kier molecular flexibility index (Phi) is 3.87. The highest BCUT2D eigenvalue weighted by Gasteiger charge is 2.45. The standard InChI is InChI=1S/C16H28N4/c1-4-14-11-18-16(2,13-5-6-13)12-20(14)9-7-15-17-8-10-19(15)3/h8,10,13-14,18H,4-7,9,11-12H2,1-3H3. The molecule has 0 amide bonds. The SMILES string of the molecule is CCC1CNC(C)(C2CC2)CN1CCc1nccn1C. The van der Waals surface area contributed by atoms with Gasteiger partial charge in [0.25, 0.3) is 0 Å². The molecule has 2 atom stereocenters. The van der Waals surface area contributed by atoms with Gasteiger partial charge in [0, 0.05) is 57.1 Å². The predicted octanol–water partition coefficient (Wildman–Crippen LogP) is 1.82. The summed E-state index contributed by atoms with van der Waals surface area (Å²) < 4.78 is 2.14. The minimum Gasteiger partial charge on any atom is -0.338 e. The first-order chi connectivity index (χ1) is 9.62. The number of hydrogen-bond donors (Lipinski definition) is 1. The molecule has 2 heterocycles. The fourth-order valence-corrected chi connectivity index (χ4v) is 3.63. The molecule has 112 valence electrons. The maximum atomic E-state index is 4.46. The third-order valence-corrected chi connectivity index (χ3v) is 5.28. The lowest BCUT2D eigenvalue weighted by molar-refractivity contribution is 0.0734. The van der Waals surface area contributed by atoms with Crippen LogP contribution in [0.25, 0.3) is 0 Å². The summed E-state index contributed by atoms with van der Waals surface area (Å²) in [5, 5.41) is 3.83. The number of aryl methyl sites for hydroxylation is 1. The Morgan fingerprint density at radius 3 is 2.85 bits per heavy atom. The fourth-order valence-electron chi connectivity index (χ4n) is 3.63. The Labute approximate surface area is 122 Å². The summed E-state index contributed by atoms with van der Waals surface area (Å²) in [5.74, 6) is 2.10. The molecule has 1 aliphatic carbocycles. The van der Waals surface area contributed by atoms with E-state index in [-0.39, 0.29) is 0 Å². The lowest BCUT2D eigenvalue weighted by Gasteiger charge is -2.46. The zero-order valence-corrected chi connectivity index (χ0v) is 13.1. The van der Waals surface area contributed by atoms with Crippen molar-refractivity contribution in [3.05, 3.63) is 18.2 Å². The molecule has 0 aromatic carbocycles. The summed E-state index contributed by atoms with van der Waals surface area (Å²) in [6.45, 7) is 8.20. The second-order valence-corrected chi connectivity index (χ2v) is 6.81. The number of hydrogen-bond acceptors (Lipinski definition) is 3. The molecule has 1 saturated heterocycles. The van der Waals surface area contributed by atoms with Crippen LogP contribution in [-0.2, 0) is 13.5 Å². The minimum atomic E-state index is 0.341. The number of nitrogens with zero attached hydrogens (tertiary/aromatic N) is 3. The van der Waals surface area contributed by atoms with Gasteiger partial charge in [-0.3, -0.25) is 4.90 Å². The molecule has 1 saturated carbocycles. The normalized spacial score (nSPS) is 31.6.